The van der Waals surface area contributed by atoms with Crippen LogP contribution in [0.4, 0.5) is 0 Å². The normalized spacial score (nSPS) is 30.3. The van der Waals surface area contributed by atoms with Crippen LogP contribution in [-0.2, 0) is 14.6 Å². The molecule has 0 aromatic heterocycles. The van der Waals surface area contributed by atoms with Crippen LogP contribution < -0.4 is 0 Å². The van der Waals surface area contributed by atoms with Crippen LogP contribution in [-0.4, -0.2) is 25.7 Å². The van der Waals surface area contributed by atoms with Crippen molar-refractivity contribution in [3.8, 4) is 0 Å². The fraction of sp³-hybridized carbons (Fsp3) is 0.833. The van der Waals surface area contributed by atoms with E-state index in [0.717, 1.165) is 0 Å². The van der Waals surface area contributed by atoms with E-state index in [4.69, 9.17) is 0 Å². The number of rotatable bonds is 1. The molecule has 10 heavy (non-hydrogen) atoms. The molecule has 1 rings (SSSR count). The van der Waals surface area contributed by atoms with Crippen LogP contribution in [0, 0.1) is 5.92 Å². The molecule has 1 aliphatic heterocycles. The highest BCUT2D eigenvalue weighted by molar-refractivity contribution is 7.91. The van der Waals surface area contributed by atoms with Crippen LogP contribution in [0.2, 0.25) is 0 Å². The van der Waals surface area contributed by atoms with Gasteiger partial charge in [-0.1, -0.05) is 0 Å². The number of hydrogen-bond donors (Lipinski definition) is 0. The molecule has 0 radical (unpaired) electrons. The fourth-order valence-electron chi connectivity index (χ4n) is 1.12. The highest BCUT2D eigenvalue weighted by Gasteiger charge is 2.30. The molecule has 4 heteroatoms. The zero-order chi connectivity index (χ0) is 7.78. The number of carbonyl (C=O) groups excluding carboxylic acids is 1. The van der Waals surface area contributed by atoms with Gasteiger partial charge in [0, 0.05) is 5.92 Å². The molecule has 0 bridgehead atoms. The number of sulfone groups is 1. The van der Waals surface area contributed by atoms with E-state index in [9.17, 15) is 13.2 Å². The maximum Gasteiger partial charge on any atom is 0.151 e. The molecule has 0 aromatic carbocycles. The Balaban J connectivity index is 2.69. The van der Waals surface area contributed by atoms with Crippen LogP contribution >= 0.6 is 0 Å². The van der Waals surface area contributed by atoms with E-state index in [1.54, 1.807) is 0 Å². The largest absolute Gasteiger partial charge is 0.300 e. The Morgan fingerprint density at radius 2 is 2.10 bits per heavy atom. The Morgan fingerprint density at radius 3 is 2.30 bits per heavy atom. The second kappa shape index (κ2) is 2.34. The lowest BCUT2D eigenvalue weighted by Crippen LogP contribution is -2.11. The molecule has 0 unspecified atom stereocenters. The Labute approximate surface area is 60.3 Å². The molecule has 0 aromatic rings. The summed E-state index contributed by atoms with van der Waals surface area (Å²) in [5, 5.41) is 0. The number of carbonyl (C=O) groups is 1. The zero-order valence-electron chi connectivity index (χ0n) is 5.83. The highest BCUT2D eigenvalue weighted by atomic mass is 32.2. The summed E-state index contributed by atoms with van der Waals surface area (Å²) in [5.41, 5.74) is 0. The van der Waals surface area contributed by atoms with Gasteiger partial charge in [-0.15, -0.1) is 0 Å². The van der Waals surface area contributed by atoms with Gasteiger partial charge < -0.3 is 0 Å². The van der Waals surface area contributed by atoms with Crippen molar-refractivity contribution in [2.75, 3.05) is 11.5 Å². The van der Waals surface area contributed by atoms with Gasteiger partial charge in [0.15, 0.2) is 9.84 Å². The summed E-state index contributed by atoms with van der Waals surface area (Å²) < 4.78 is 21.6. The molecule has 3 nitrogen and oxygen atoms in total. The topological polar surface area (TPSA) is 51.2 Å². The van der Waals surface area contributed by atoms with Gasteiger partial charge >= 0.3 is 0 Å². The summed E-state index contributed by atoms with van der Waals surface area (Å²) in [6.45, 7) is 1.45. The lowest BCUT2D eigenvalue weighted by atomic mass is 10.1. The van der Waals surface area contributed by atoms with Crippen LogP contribution in [0.3, 0.4) is 0 Å². The third-order valence-electron chi connectivity index (χ3n) is 1.81. The van der Waals surface area contributed by atoms with Crippen molar-refractivity contribution in [3.63, 3.8) is 0 Å². The van der Waals surface area contributed by atoms with Gasteiger partial charge in [0.05, 0.1) is 11.5 Å². The van der Waals surface area contributed by atoms with Crippen molar-refractivity contribution in [3.05, 3.63) is 0 Å². The van der Waals surface area contributed by atoms with Crippen molar-refractivity contribution in [2.24, 2.45) is 5.92 Å². The van der Waals surface area contributed by atoms with Crippen LogP contribution in [0.15, 0.2) is 0 Å². The van der Waals surface area contributed by atoms with Gasteiger partial charge in [0.25, 0.3) is 0 Å². The Hall–Kier alpha value is -0.380. The molecule has 0 aliphatic carbocycles. The van der Waals surface area contributed by atoms with Gasteiger partial charge in [0.2, 0.25) is 0 Å². The third kappa shape index (κ3) is 1.56. The second-order valence-electron chi connectivity index (χ2n) is 2.71. The predicted molar refractivity (Wildman–Crippen MR) is 37.4 cm³/mol. The number of Topliss-reactive ketones (excluding diaryl/α,β-unsaturated/α-hetero) is 1. The van der Waals surface area contributed by atoms with E-state index in [1.165, 1.54) is 6.92 Å². The van der Waals surface area contributed by atoms with Crippen molar-refractivity contribution in [1.29, 1.82) is 0 Å². The molecule has 1 atom stereocenters. The highest BCUT2D eigenvalue weighted by Crippen LogP contribution is 2.18. The maximum atomic E-state index is 10.8. The van der Waals surface area contributed by atoms with Crippen molar-refractivity contribution in [2.45, 2.75) is 13.3 Å². The van der Waals surface area contributed by atoms with Gasteiger partial charge in [0.1, 0.15) is 5.78 Å². The zero-order valence-corrected chi connectivity index (χ0v) is 6.65. The summed E-state index contributed by atoms with van der Waals surface area (Å²) >= 11 is 0. The van der Waals surface area contributed by atoms with Crippen LogP contribution in [0.1, 0.15) is 13.3 Å². The molecule has 1 aliphatic rings. The second-order valence-corrected chi connectivity index (χ2v) is 4.94. The first-order valence-electron chi connectivity index (χ1n) is 3.22. The predicted octanol–water partition coefficient (Wildman–Crippen LogP) is 0.0101. The summed E-state index contributed by atoms with van der Waals surface area (Å²) in [6.07, 6.45) is 0.525. The molecule has 0 spiro atoms. The Bertz CT molecular complexity index is 240. The lowest BCUT2D eigenvalue weighted by Gasteiger charge is -1.97. The lowest BCUT2D eigenvalue weighted by molar-refractivity contribution is -0.120. The fourth-order valence-corrected chi connectivity index (χ4v) is 2.94. The van der Waals surface area contributed by atoms with E-state index in [-0.39, 0.29) is 23.2 Å². The Morgan fingerprint density at radius 1 is 1.50 bits per heavy atom. The standard InChI is InChI=1S/C6H10O3S/c1-5(7)6-2-3-10(8,9)4-6/h6H,2-4H2,1H3/t6-/m0/s1. The van der Waals surface area contributed by atoms with Crippen LogP contribution in [0.25, 0.3) is 0 Å². The monoisotopic (exact) mass is 162 g/mol. The van der Waals surface area contributed by atoms with Crippen molar-refractivity contribution in [1.82, 2.24) is 0 Å². The number of hydrogen-bond acceptors (Lipinski definition) is 3. The summed E-state index contributed by atoms with van der Waals surface area (Å²) in [6, 6.07) is 0. The average Bonchev–Trinajstić information content (AvgIpc) is 2.10. The molecule has 1 heterocycles. The van der Waals surface area contributed by atoms with E-state index in [1.807, 2.05) is 0 Å². The first kappa shape index (κ1) is 7.72. The van der Waals surface area contributed by atoms with Crippen molar-refractivity contribution < 1.29 is 13.2 Å². The molecular weight excluding hydrogens is 152 g/mol. The smallest absolute Gasteiger partial charge is 0.151 e. The molecule has 0 saturated carbocycles. The summed E-state index contributed by atoms with van der Waals surface area (Å²) in [7, 11) is -2.86. The molecule has 1 saturated heterocycles. The third-order valence-corrected chi connectivity index (χ3v) is 3.58. The average molecular weight is 162 g/mol. The van der Waals surface area contributed by atoms with E-state index in [0.29, 0.717) is 6.42 Å². The minimum Gasteiger partial charge on any atom is -0.300 e. The van der Waals surface area contributed by atoms with E-state index >= 15 is 0 Å². The van der Waals surface area contributed by atoms with E-state index < -0.39 is 9.84 Å². The maximum absolute atomic E-state index is 10.8. The summed E-state index contributed by atoms with van der Waals surface area (Å²) in [5.74, 6) is 0.0469. The minimum absolute atomic E-state index is 0.000995. The van der Waals surface area contributed by atoms with Crippen molar-refractivity contribution >= 4 is 15.6 Å². The molecule has 0 N–H and O–H groups in total. The van der Waals surface area contributed by atoms with Crippen LogP contribution in [0.5, 0.6) is 0 Å². The quantitative estimate of drug-likeness (QED) is 0.545. The molecule has 1 fully saturated rings. The molecule has 0 amide bonds. The molecular formula is C6H10O3S. The summed E-state index contributed by atoms with van der Waals surface area (Å²) in [4.78, 5) is 10.7. The van der Waals surface area contributed by atoms with Gasteiger partial charge in [-0.2, -0.15) is 0 Å². The SMILES string of the molecule is CC(=O)[C@H]1CCS(=O)(=O)C1. The van der Waals surface area contributed by atoms with Gasteiger partial charge in [-0.25, -0.2) is 8.42 Å². The Kier molecular flexibility index (Phi) is 1.81. The number of ketones is 1. The molecule has 58 valence electrons. The van der Waals surface area contributed by atoms with Gasteiger partial charge in [-0.3, -0.25) is 4.79 Å². The van der Waals surface area contributed by atoms with E-state index in [2.05, 4.69) is 0 Å². The first-order valence-corrected chi connectivity index (χ1v) is 5.04. The van der Waals surface area contributed by atoms with Gasteiger partial charge in [-0.05, 0) is 13.3 Å². The minimum atomic E-state index is -2.86. The first-order chi connectivity index (χ1) is 4.51.